The number of amides is 1. The van der Waals surface area contributed by atoms with E-state index in [0.29, 0.717) is 22.0 Å². The van der Waals surface area contributed by atoms with E-state index in [2.05, 4.69) is 20.3 Å². The molecule has 0 unspecified atom stereocenters. The van der Waals surface area contributed by atoms with Crippen LogP contribution < -0.4 is 10.9 Å². The van der Waals surface area contributed by atoms with Crippen molar-refractivity contribution in [1.82, 2.24) is 20.3 Å². The molecule has 1 amide bonds. The van der Waals surface area contributed by atoms with E-state index in [1.165, 1.54) is 11.3 Å². The van der Waals surface area contributed by atoms with Gasteiger partial charge in [0.1, 0.15) is 4.83 Å². The molecule has 0 aliphatic rings. The van der Waals surface area contributed by atoms with Gasteiger partial charge in [0.05, 0.1) is 16.8 Å². The van der Waals surface area contributed by atoms with Gasteiger partial charge >= 0.3 is 0 Å². The number of furan rings is 1. The fourth-order valence-corrected chi connectivity index (χ4v) is 4.57. The van der Waals surface area contributed by atoms with E-state index in [9.17, 15) is 9.59 Å². The Balaban J connectivity index is 1.65. The second-order valence-corrected chi connectivity index (χ2v) is 7.97. The summed E-state index contributed by atoms with van der Waals surface area (Å²) in [6.45, 7) is 7.64. The number of nitrogens with one attached hydrogen (secondary N) is 2. The number of hydrogen-bond acceptors (Lipinski definition) is 6. The maximum Gasteiger partial charge on any atom is 0.261 e. The summed E-state index contributed by atoms with van der Waals surface area (Å²) in [6.07, 6.45) is 1.57. The molecule has 0 aromatic carbocycles. The second kappa shape index (κ2) is 7.29. The molecule has 4 aromatic rings. The molecular weight excluding hydrogens is 388 g/mol. The van der Waals surface area contributed by atoms with Gasteiger partial charge < -0.3 is 14.7 Å². The van der Waals surface area contributed by atoms with Crippen molar-refractivity contribution in [2.24, 2.45) is 0 Å². The quantitative estimate of drug-likeness (QED) is 0.535. The van der Waals surface area contributed by atoms with Crippen LogP contribution in [0.15, 0.2) is 33.7 Å². The lowest BCUT2D eigenvalue weighted by atomic mass is 10.1. The van der Waals surface area contributed by atoms with E-state index < -0.39 is 0 Å². The first-order chi connectivity index (χ1) is 13.8. The molecular formula is C21H20N4O3S. The molecule has 7 nitrogen and oxygen atoms in total. The normalized spacial score (nSPS) is 11.2. The summed E-state index contributed by atoms with van der Waals surface area (Å²) in [7, 11) is 0. The smallest absolute Gasteiger partial charge is 0.261 e. The van der Waals surface area contributed by atoms with Gasteiger partial charge in [0.15, 0.2) is 11.6 Å². The van der Waals surface area contributed by atoms with Crippen molar-refractivity contribution in [2.75, 3.05) is 0 Å². The summed E-state index contributed by atoms with van der Waals surface area (Å²) < 4.78 is 5.39. The molecule has 0 radical (unpaired) electrons. The highest BCUT2D eigenvalue weighted by Gasteiger charge is 2.20. The second-order valence-electron chi connectivity index (χ2n) is 6.97. The fourth-order valence-electron chi connectivity index (χ4n) is 3.42. The van der Waals surface area contributed by atoms with E-state index >= 15 is 0 Å². The molecule has 0 bridgehead atoms. The zero-order valence-corrected chi connectivity index (χ0v) is 17.4. The number of aromatic amines is 1. The highest BCUT2D eigenvalue weighted by Crippen LogP contribution is 2.33. The number of carbonyl (C=O) groups is 1. The molecule has 4 rings (SSSR count). The SMILES string of the molecule is Cc1cc(C)c(CNC(=O)c2sc3nc(-c4ccco4)nc(C)c3c2C)c(=O)[nH]1. The number of fused-ring (bicyclic) bond motifs is 1. The number of hydrogen-bond donors (Lipinski definition) is 2. The minimum absolute atomic E-state index is 0.163. The number of aryl methyl sites for hydroxylation is 4. The first-order valence-corrected chi connectivity index (χ1v) is 9.96. The van der Waals surface area contributed by atoms with Crippen LogP contribution in [0.2, 0.25) is 0 Å². The van der Waals surface area contributed by atoms with Gasteiger partial charge in [-0.1, -0.05) is 0 Å². The Morgan fingerprint density at radius 1 is 1.24 bits per heavy atom. The molecule has 0 saturated heterocycles. The lowest BCUT2D eigenvalue weighted by Gasteiger charge is -2.08. The summed E-state index contributed by atoms with van der Waals surface area (Å²) in [5.41, 5.74) is 3.65. The Morgan fingerprint density at radius 3 is 2.72 bits per heavy atom. The summed E-state index contributed by atoms with van der Waals surface area (Å²) in [5.74, 6) is 0.847. The fraction of sp³-hybridized carbons (Fsp3) is 0.238. The van der Waals surface area contributed by atoms with E-state index in [0.717, 1.165) is 32.7 Å². The van der Waals surface area contributed by atoms with E-state index in [4.69, 9.17) is 4.42 Å². The van der Waals surface area contributed by atoms with Crippen LogP contribution in [-0.4, -0.2) is 20.9 Å². The molecule has 0 aliphatic carbocycles. The zero-order valence-electron chi connectivity index (χ0n) is 16.5. The molecule has 0 aliphatic heterocycles. The van der Waals surface area contributed by atoms with Crippen molar-refractivity contribution >= 4 is 27.5 Å². The standard InChI is InChI=1S/C21H20N4O3S/c1-10-8-11(2)23-19(26)14(10)9-22-20(27)17-12(3)16-13(4)24-18(25-21(16)29-17)15-6-5-7-28-15/h5-8H,9H2,1-4H3,(H,22,27)(H,23,26). The Kier molecular flexibility index (Phi) is 4.79. The molecule has 4 aromatic heterocycles. The van der Waals surface area contributed by atoms with E-state index in [-0.39, 0.29) is 18.0 Å². The summed E-state index contributed by atoms with van der Waals surface area (Å²) in [5, 5.41) is 3.74. The predicted octanol–water partition coefficient (Wildman–Crippen LogP) is 3.80. The van der Waals surface area contributed by atoms with Crippen LogP contribution in [0.3, 0.4) is 0 Å². The maximum absolute atomic E-state index is 12.8. The number of pyridine rings is 1. The summed E-state index contributed by atoms with van der Waals surface area (Å²) in [6, 6.07) is 5.48. The summed E-state index contributed by atoms with van der Waals surface area (Å²) in [4.78, 5) is 38.2. The van der Waals surface area contributed by atoms with Crippen molar-refractivity contribution in [3.63, 3.8) is 0 Å². The first-order valence-electron chi connectivity index (χ1n) is 9.14. The number of rotatable bonds is 4. The predicted molar refractivity (Wildman–Crippen MR) is 112 cm³/mol. The lowest BCUT2D eigenvalue weighted by molar-refractivity contribution is 0.0954. The monoisotopic (exact) mass is 408 g/mol. The average molecular weight is 408 g/mol. The van der Waals surface area contributed by atoms with Crippen LogP contribution in [0.1, 0.15) is 37.7 Å². The Labute approximate surface area is 170 Å². The Bertz CT molecular complexity index is 1290. The van der Waals surface area contributed by atoms with E-state index in [1.807, 2.05) is 33.8 Å². The zero-order chi connectivity index (χ0) is 20.7. The van der Waals surface area contributed by atoms with Crippen LogP contribution in [0.25, 0.3) is 21.8 Å². The van der Waals surface area contributed by atoms with Gasteiger partial charge in [-0.3, -0.25) is 9.59 Å². The van der Waals surface area contributed by atoms with Gasteiger partial charge in [-0.25, -0.2) is 9.97 Å². The van der Waals surface area contributed by atoms with Gasteiger partial charge in [0, 0.05) is 23.2 Å². The van der Waals surface area contributed by atoms with Crippen molar-refractivity contribution in [3.8, 4) is 11.6 Å². The molecule has 8 heteroatoms. The van der Waals surface area contributed by atoms with Crippen LogP contribution in [0, 0.1) is 27.7 Å². The van der Waals surface area contributed by atoms with Crippen molar-refractivity contribution < 1.29 is 9.21 Å². The lowest BCUT2D eigenvalue weighted by Crippen LogP contribution is -2.27. The largest absolute Gasteiger partial charge is 0.461 e. The first kappa shape index (κ1) is 19.1. The maximum atomic E-state index is 12.8. The molecule has 0 fully saturated rings. The highest BCUT2D eigenvalue weighted by molar-refractivity contribution is 7.20. The number of H-pyrrole nitrogens is 1. The molecule has 0 atom stereocenters. The topological polar surface area (TPSA) is 101 Å². The van der Waals surface area contributed by atoms with Crippen LogP contribution in [0.4, 0.5) is 0 Å². The number of aromatic nitrogens is 3. The Hall–Kier alpha value is -3.26. The molecule has 2 N–H and O–H groups in total. The van der Waals surface area contributed by atoms with Gasteiger partial charge in [0.2, 0.25) is 0 Å². The van der Waals surface area contributed by atoms with Gasteiger partial charge in [-0.05, 0) is 57.0 Å². The van der Waals surface area contributed by atoms with Crippen LogP contribution in [-0.2, 0) is 6.54 Å². The molecule has 148 valence electrons. The number of nitrogens with zero attached hydrogens (tertiary/aromatic N) is 2. The van der Waals surface area contributed by atoms with Crippen LogP contribution >= 0.6 is 11.3 Å². The van der Waals surface area contributed by atoms with Crippen molar-refractivity contribution in [3.05, 3.63) is 67.8 Å². The third kappa shape index (κ3) is 3.47. The van der Waals surface area contributed by atoms with Gasteiger partial charge in [-0.15, -0.1) is 11.3 Å². The van der Waals surface area contributed by atoms with E-state index in [1.54, 1.807) is 18.4 Å². The summed E-state index contributed by atoms with van der Waals surface area (Å²) >= 11 is 1.31. The minimum Gasteiger partial charge on any atom is -0.461 e. The number of thiophene rings is 1. The molecule has 29 heavy (non-hydrogen) atoms. The molecule has 4 heterocycles. The highest BCUT2D eigenvalue weighted by atomic mass is 32.1. The number of carbonyl (C=O) groups excluding carboxylic acids is 1. The van der Waals surface area contributed by atoms with Gasteiger partial charge in [0.25, 0.3) is 11.5 Å². The molecule has 0 spiro atoms. The van der Waals surface area contributed by atoms with Gasteiger partial charge in [-0.2, -0.15) is 0 Å². The third-order valence-corrected chi connectivity index (χ3v) is 6.02. The van der Waals surface area contributed by atoms with Crippen molar-refractivity contribution in [2.45, 2.75) is 34.2 Å². The Morgan fingerprint density at radius 2 is 2.03 bits per heavy atom. The molecule has 0 saturated carbocycles. The average Bonchev–Trinajstić information content (AvgIpc) is 3.29. The van der Waals surface area contributed by atoms with Crippen LogP contribution in [0.5, 0.6) is 0 Å². The van der Waals surface area contributed by atoms with Crippen molar-refractivity contribution in [1.29, 1.82) is 0 Å². The third-order valence-electron chi connectivity index (χ3n) is 4.84. The minimum atomic E-state index is -0.233.